The van der Waals surface area contributed by atoms with E-state index in [1.54, 1.807) is 42.5 Å². The molecule has 2 aromatic carbocycles. The number of benzodiazepines with no additional fused rings is 1. The van der Waals surface area contributed by atoms with Gasteiger partial charge in [-0.15, -0.1) is 0 Å². The Hall–Kier alpha value is -3.61. The molecule has 1 heterocycles. The second kappa shape index (κ2) is 12.3. The Morgan fingerprint density at radius 2 is 1.57 bits per heavy atom. The molecule has 0 fully saturated rings. The third kappa shape index (κ3) is 7.96. The average Bonchev–Trinajstić information content (AvgIpc) is 2.95. The molecule has 3 N–H and O–H groups in total. The fourth-order valence-electron chi connectivity index (χ4n) is 4.40. The summed E-state index contributed by atoms with van der Waals surface area (Å²) in [5.74, 6) is -7.22. The number of halogens is 7. The van der Waals surface area contributed by atoms with Gasteiger partial charge in [0.1, 0.15) is 0 Å². The SMILES string of the molecule is CN1C(=O)C(NC(=O)[C@H](CCC(F)(F)F)[C@H](CCC(F)(F)F)C(N)=O)N=C(c2ccccc2)c2ccc(Cl)cc21. The molecule has 3 atom stereocenters. The summed E-state index contributed by atoms with van der Waals surface area (Å²) in [5, 5.41) is 2.54. The van der Waals surface area contributed by atoms with Crippen molar-refractivity contribution in [2.24, 2.45) is 22.6 Å². The molecule has 3 amide bonds. The lowest BCUT2D eigenvalue weighted by atomic mass is 9.83. The van der Waals surface area contributed by atoms with Crippen molar-refractivity contribution in [3.8, 4) is 0 Å². The highest BCUT2D eigenvalue weighted by Gasteiger charge is 2.41. The van der Waals surface area contributed by atoms with Crippen molar-refractivity contribution in [3.63, 3.8) is 0 Å². The van der Waals surface area contributed by atoms with Gasteiger partial charge in [-0.1, -0.05) is 41.9 Å². The first-order valence-electron chi connectivity index (χ1n) is 12.0. The maximum Gasteiger partial charge on any atom is 0.389 e. The van der Waals surface area contributed by atoms with Crippen LogP contribution in [-0.2, 0) is 14.4 Å². The van der Waals surface area contributed by atoms with Crippen LogP contribution in [0.1, 0.15) is 36.8 Å². The summed E-state index contributed by atoms with van der Waals surface area (Å²) in [7, 11) is 1.37. The van der Waals surface area contributed by atoms with Crippen molar-refractivity contribution >= 4 is 40.7 Å². The molecular formula is C26H25ClF6N4O3. The van der Waals surface area contributed by atoms with Gasteiger partial charge >= 0.3 is 12.4 Å². The van der Waals surface area contributed by atoms with Gasteiger partial charge in [0.05, 0.1) is 11.4 Å². The van der Waals surface area contributed by atoms with Crippen LogP contribution in [0.25, 0.3) is 0 Å². The molecule has 0 saturated carbocycles. The predicted molar refractivity (Wildman–Crippen MR) is 136 cm³/mol. The summed E-state index contributed by atoms with van der Waals surface area (Å²) in [5.41, 5.74) is 6.79. The molecule has 40 heavy (non-hydrogen) atoms. The number of carbonyl (C=O) groups excluding carboxylic acids is 3. The van der Waals surface area contributed by atoms with Crippen LogP contribution in [0.5, 0.6) is 0 Å². The first-order valence-corrected chi connectivity index (χ1v) is 12.4. The van der Waals surface area contributed by atoms with Gasteiger partial charge in [-0.05, 0) is 31.0 Å². The summed E-state index contributed by atoms with van der Waals surface area (Å²) < 4.78 is 77.8. The number of amides is 3. The Kier molecular flexibility index (Phi) is 9.49. The van der Waals surface area contributed by atoms with Gasteiger partial charge in [-0.3, -0.25) is 14.4 Å². The molecule has 216 valence electrons. The Morgan fingerprint density at radius 1 is 1.00 bits per heavy atom. The van der Waals surface area contributed by atoms with Crippen LogP contribution in [-0.4, -0.2) is 49.0 Å². The molecule has 0 aliphatic carbocycles. The number of nitrogens with two attached hydrogens (primary N) is 1. The van der Waals surface area contributed by atoms with E-state index in [-0.39, 0.29) is 10.7 Å². The van der Waals surface area contributed by atoms with Crippen LogP contribution in [0.4, 0.5) is 32.0 Å². The van der Waals surface area contributed by atoms with E-state index in [1.165, 1.54) is 13.1 Å². The zero-order valence-corrected chi connectivity index (χ0v) is 21.8. The maximum atomic E-state index is 13.4. The van der Waals surface area contributed by atoms with Gasteiger partial charge < -0.3 is 16.0 Å². The zero-order valence-electron chi connectivity index (χ0n) is 21.0. The summed E-state index contributed by atoms with van der Waals surface area (Å²) in [6.07, 6.45) is -16.4. The molecule has 7 nitrogen and oxygen atoms in total. The fourth-order valence-corrected chi connectivity index (χ4v) is 4.56. The highest BCUT2D eigenvalue weighted by Crippen LogP contribution is 2.34. The molecule has 0 aromatic heterocycles. The van der Waals surface area contributed by atoms with E-state index in [1.807, 2.05) is 0 Å². The van der Waals surface area contributed by atoms with Gasteiger partial charge in [0.25, 0.3) is 5.91 Å². The Morgan fingerprint density at radius 3 is 2.12 bits per heavy atom. The number of alkyl halides is 6. The minimum Gasteiger partial charge on any atom is -0.369 e. The molecular weight excluding hydrogens is 566 g/mol. The number of primary amides is 1. The maximum absolute atomic E-state index is 13.4. The quantitative estimate of drug-likeness (QED) is 0.402. The first-order chi connectivity index (χ1) is 18.6. The second-order valence-electron chi connectivity index (χ2n) is 9.24. The third-order valence-corrected chi connectivity index (χ3v) is 6.63. The second-order valence-corrected chi connectivity index (χ2v) is 9.67. The number of hydrogen-bond acceptors (Lipinski definition) is 4. The molecule has 0 saturated heterocycles. The lowest BCUT2D eigenvalue weighted by Crippen LogP contribution is -2.50. The minimum atomic E-state index is -4.78. The molecule has 14 heteroatoms. The number of benzene rings is 2. The van der Waals surface area contributed by atoms with E-state index in [4.69, 9.17) is 17.3 Å². The van der Waals surface area contributed by atoms with Crippen LogP contribution in [0.3, 0.4) is 0 Å². The largest absolute Gasteiger partial charge is 0.389 e. The standard InChI is InChI=1S/C26H25ClF6N4O3/c1-37-19-13-15(27)7-8-18(19)20(14-5-3-2-4-6-14)35-22(24(37)40)36-23(39)17(10-12-26(31,32)33)16(21(34)38)9-11-25(28,29)30/h2-8,13,16-17,22H,9-12H2,1H3,(H2,34,38)(H,36,39)/t16-,17+,22?/m0/s1. The Labute approximate surface area is 230 Å². The fraction of sp³-hybridized carbons (Fsp3) is 0.385. The van der Waals surface area contributed by atoms with Crippen molar-refractivity contribution in [2.45, 2.75) is 44.2 Å². The number of carbonyl (C=O) groups is 3. The highest BCUT2D eigenvalue weighted by atomic mass is 35.5. The van der Waals surface area contributed by atoms with Gasteiger partial charge in [0, 0.05) is 47.9 Å². The number of anilines is 1. The molecule has 3 rings (SSSR count). The van der Waals surface area contributed by atoms with E-state index in [0.29, 0.717) is 16.8 Å². The first kappa shape index (κ1) is 30.9. The van der Waals surface area contributed by atoms with Crippen LogP contribution < -0.4 is 16.0 Å². The van der Waals surface area contributed by atoms with Gasteiger partial charge in [0.2, 0.25) is 18.0 Å². The molecule has 1 unspecified atom stereocenters. The number of aliphatic imine (C=N–C) groups is 1. The highest BCUT2D eigenvalue weighted by molar-refractivity contribution is 6.31. The topological polar surface area (TPSA) is 105 Å². The molecule has 0 spiro atoms. The Balaban J connectivity index is 2.03. The number of fused-ring (bicyclic) bond motifs is 1. The monoisotopic (exact) mass is 590 g/mol. The van der Waals surface area contributed by atoms with E-state index in [9.17, 15) is 40.7 Å². The van der Waals surface area contributed by atoms with Gasteiger partial charge in [-0.2, -0.15) is 26.3 Å². The van der Waals surface area contributed by atoms with Crippen LogP contribution in [0.2, 0.25) is 5.02 Å². The zero-order chi connectivity index (χ0) is 29.8. The summed E-state index contributed by atoms with van der Waals surface area (Å²) in [6.45, 7) is 0. The van der Waals surface area contributed by atoms with Crippen molar-refractivity contribution in [2.75, 3.05) is 11.9 Å². The van der Waals surface area contributed by atoms with Crippen molar-refractivity contribution in [3.05, 3.63) is 64.7 Å². The van der Waals surface area contributed by atoms with E-state index in [2.05, 4.69) is 10.3 Å². The molecule has 0 bridgehead atoms. The van der Waals surface area contributed by atoms with Gasteiger partial charge in [-0.25, -0.2) is 4.99 Å². The minimum absolute atomic E-state index is 0.241. The predicted octanol–water partition coefficient (Wildman–Crippen LogP) is 5.00. The summed E-state index contributed by atoms with van der Waals surface area (Å²) in [6, 6.07) is 13.1. The van der Waals surface area contributed by atoms with Crippen molar-refractivity contribution < 1.29 is 40.7 Å². The number of nitrogens with one attached hydrogen (secondary N) is 1. The lowest BCUT2D eigenvalue weighted by molar-refractivity contribution is -0.152. The average molecular weight is 591 g/mol. The third-order valence-electron chi connectivity index (χ3n) is 6.39. The number of nitrogens with zero attached hydrogens (tertiary/aromatic N) is 2. The number of rotatable bonds is 9. The van der Waals surface area contributed by atoms with Gasteiger partial charge in [0.15, 0.2) is 0 Å². The number of hydrogen-bond donors (Lipinski definition) is 2. The molecule has 2 aromatic rings. The van der Waals surface area contributed by atoms with E-state index < -0.39 is 73.8 Å². The summed E-state index contributed by atoms with van der Waals surface area (Å²) >= 11 is 6.13. The van der Waals surface area contributed by atoms with Crippen LogP contribution in [0.15, 0.2) is 53.5 Å². The van der Waals surface area contributed by atoms with E-state index in [0.717, 1.165) is 4.90 Å². The van der Waals surface area contributed by atoms with Crippen molar-refractivity contribution in [1.29, 1.82) is 0 Å². The molecule has 0 radical (unpaired) electrons. The normalized spacial score (nSPS) is 17.4. The van der Waals surface area contributed by atoms with Crippen LogP contribution >= 0.6 is 11.6 Å². The number of likely N-dealkylation sites (N-methyl/N-ethyl adjacent to an activating group) is 1. The Bertz CT molecular complexity index is 1280. The smallest absolute Gasteiger partial charge is 0.369 e. The summed E-state index contributed by atoms with van der Waals surface area (Å²) in [4.78, 5) is 44.3. The van der Waals surface area contributed by atoms with Crippen molar-refractivity contribution in [1.82, 2.24) is 5.32 Å². The lowest BCUT2D eigenvalue weighted by Gasteiger charge is -2.27. The van der Waals surface area contributed by atoms with E-state index >= 15 is 0 Å². The van der Waals surface area contributed by atoms with Crippen LogP contribution in [0, 0.1) is 11.8 Å². The molecule has 1 aliphatic heterocycles. The molecule has 1 aliphatic rings.